The van der Waals surface area contributed by atoms with E-state index in [1.54, 1.807) is 12.1 Å². The van der Waals surface area contributed by atoms with Crippen LogP contribution in [0.1, 0.15) is 10.4 Å². The Hall–Kier alpha value is -2.17. The van der Waals surface area contributed by atoms with Crippen LogP contribution in [0.25, 0.3) is 10.9 Å². The Labute approximate surface area is 78.6 Å². The molecule has 0 aliphatic rings. The fourth-order valence-electron chi connectivity index (χ4n) is 1.21. The number of aromatic amines is 1. The summed E-state index contributed by atoms with van der Waals surface area (Å²) in [5, 5.41) is 0.759. The molecule has 2 rings (SSSR count). The van der Waals surface area contributed by atoms with Gasteiger partial charge in [0, 0.05) is 17.1 Å². The van der Waals surface area contributed by atoms with E-state index < -0.39 is 11.6 Å². The van der Waals surface area contributed by atoms with E-state index in [9.17, 15) is 9.59 Å². The molecule has 2 aromatic rings. The van der Waals surface area contributed by atoms with E-state index >= 15 is 0 Å². The van der Waals surface area contributed by atoms with E-state index in [1.165, 1.54) is 12.3 Å². The van der Waals surface area contributed by atoms with E-state index in [0.717, 1.165) is 5.39 Å². The van der Waals surface area contributed by atoms with E-state index in [1.807, 2.05) is 0 Å². The number of rotatable bonds is 1. The average molecular weight is 189 g/mol. The maximum atomic E-state index is 10.9. The molecule has 0 bridgehead atoms. The second-order valence-corrected chi connectivity index (χ2v) is 2.85. The normalized spacial score (nSPS) is 10.3. The maximum absolute atomic E-state index is 10.9. The van der Waals surface area contributed by atoms with Crippen LogP contribution in [0.4, 0.5) is 0 Å². The van der Waals surface area contributed by atoms with Crippen LogP contribution in [0, 0.1) is 0 Å². The number of hydrogen-bond donors (Lipinski definition) is 2. The molecule has 5 nitrogen and oxygen atoms in total. The molecule has 1 aromatic heterocycles. The highest BCUT2D eigenvalue weighted by Gasteiger charge is 2.01. The molecule has 0 saturated heterocycles. The van der Waals surface area contributed by atoms with Gasteiger partial charge in [-0.15, -0.1) is 0 Å². The summed E-state index contributed by atoms with van der Waals surface area (Å²) in [7, 11) is 0. The van der Waals surface area contributed by atoms with Gasteiger partial charge in [0.25, 0.3) is 0 Å². The van der Waals surface area contributed by atoms with Crippen molar-refractivity contribution in [3.63, 3.8) is 0 Å². The van der Waals surface area contributed by atoms with Gasteiger partial charge in [0.2, 0.25) is 5.91 Å². The zero-order valence-electron chi connectivity index (χ0n) is 7.15. The van der Waals surface area contributed by atoms with Gasteiger partial charge in [0.1, 0.15) is 0 Å². The van der Waals surface area contributed by atoms with Crippen LogP contribution in [0.2, 0.25) is 0 Å². The Morgan fingerprint density at radius 1 is 1.43 bits per heavy atom. The Kier molecular flexibility index (Phi) is 1.78. The summed E-state index contributed by atoms with van der Waals surface area (Å²) >= 11 is 0. The first kappa shape index (κ1) is 8.43. The van der Waals surface area contributed by atoms with Crippen molar-refractivity contribution in [3.8, 4) is 0 Å². The molecule has 0 fully saturated rings. The first-order valence-electron chi connectivity index (χ1n) is 3.96. The summed E-state index contributed by atoms with van der Waals surface area (Å²) in [6.45, 7) is 0. The predicted octanol–water partition coefficient (Wildman–Crippen LogP) is 0.0220. The Balaban J connectivity index is 2.75. The minimum Gasteiger partial charge on any atom is -0.366 e. The number of H-pyrrole nitrogens is 1. The summed E-state index contributed by atoms with van der Waals surface area (Å²) in [6, 6.07) is 4.80. The van der Waals surface area contributed by atoms with Gasteiger partial charge in [-0.2, -0.15) is 0 Å². The fourth-order valence-corrected chi connectivity index (χ4v) is 1.21. The van der Waals surface area contributed by atoms with Crippen LogP contribution < -0.4 is 11.4 Å². The van der Waals surface area contributed by atoms with Crippen LogP contribution in [-0.4, -0.2) is 15.9 Å². The van der Waals surface area contributed by atoms with Crippen molar-refractivity contribution in [3.05, 3.63) is 40.4 Å². The summed E-state index contributed by atoms with van der Waals surface area (Å²) in [4.78, 5) is 27.8. The van der Waals surface area contributed by atoms with E-state index in [4.69, 9.17) is 5.73 Å². The molecule has 1 aromatic carbocycles. The van der Waals surface area contributed by atoms with Crippen molar-refractivity contribution >= 4 is 16.8 Å². The Bertz CT molecular complexity index is 559. The molecule has 0 atom stereocenters. The van der Waals surface area contributed by atoms with E-state index in [2.05, 4.69) is 9.97 Å². The number of primary amides is 1. The largest absolute Gasteiger partial charge is 0.366 e. The molecule has 14 heavy (non-hydrogen) atoms. The van der Waals surface area contributed by atoms with Gasteiger partial charge in [-0.3, -0.25) is 4.79 Å². The Morgan fingerprint density at radius 2 is 2.21 bits per heavy atom. The van der Waals surface area contributed by atoms with Gasteiger partial charge in [-0.1, -0.05) is 6.07 Å². The third kappa shape index (κ3) is 1.35. The van der Waals surface area contributed by atoms with Crippen molar-refractivity contribution < 1.29 is 4.79 Å². The summed E-state index contributed by atoms with van der Waals surface area (Å²) in [5.41, 5.74) is 5.57. The summed E-state index contributed by atoms with van der Waals surface area (Å²) in [6.07, 6.45) is 1.44. The number of nitrogens with one attached hydrogen (secondary N) is 1. The molecule has 70 valence electrons. The second kappa shape index (κ2) is 2.95. The van der Waals surface area contributed by atoms with Crippen molar-refractivity contribution in [2.24, 2.45) is 5.73 Å². The lowest BCUT2D eigenvalue weighted by molar-refractivity contribution is 0.100. The van der Waals surface area contributed by atoms with Crippen molar-refractivity contribution in [1.29, 1.82) is 0 Å². The number of nitrogens with zero attached hydrogens (tertiary/aromatic N) is 1. The number of carbonyl (C=O) groups is 1. The van der Waals surface area contributed by atoms with Gasteiger partial charge >= 0.3 is 5.69 Å². The number of nitrogens with two attached hydrogens (primary N) is 1. The standard InChI is InChI=1S/C9H7N3O2/c10-8(13)5-1-2-6-4-11-9(14)12-7(6)3-5/h1-4H,(H2,10,13)(H,11,12,14). The molecule has 1 amide bonds. The second-order valence-electron chi connectivity index (χ2n) is 2.85. The van der Waals surface area contributed by atoms with Crippen LogP contribution in [0.5, 0.6) is 0 Å². The molecule has 1 heterocycles. The maximum Gasteiger partial charge on any atom is 0.345 e. The highest BCUT2D eigenvalue weighted by atomic mass is 16.1. The molecule has 0 aliphatic heterocycles. The van der Waals surface area contributed by atoms with Crippen LogP contribution in [-0.2, 0) is 0 Å². The van der Waals surface area contributed by atoms with Crippen LogP contribution in [0.3, 0.4) is 0 Å². The lowest BCUT2D eigenvalue weighted by atomic mass is 10.1. The van der Waals surface area contributed by atoms with Gasteiger partial charge in [0.05, 0.1) is 5.52 Å². The van der Waals surface area contributed by atoms with Crippen LogP contribution in [0.15, 0.2) is 29.2 Å². The number of benzene rings is 1. The van der Waals surface area contributed by atoms with Crippen molar-refractivity contribution in [2.75, 3.05) is 0 Å². The van der Waals surface area contributed by atoms with Gasteiger partial charge in [-0.05, 0) is 12.1 Å². The zero-order chi connectivity index (χ0) is 10.1. The van der Waals surface area contributed by atoms with Crippen LogP contribution >= 0.6 is 0 Å². The first-order valence-corrected chi connectivity index (χ1v) is 3.96. The number of hydrogen-bond acceptors (Lipinski definition) is 3. The molecule has 0 radical (unpaired) electrons. The molecular weight excluding hydrogens is 182 g/mol. The lowest BCUT2D eigenvalue weighted by Gasteiger charge is -1.98. The molecule has 0 saturated carbocycles. The minimum atomic E-state index is -0.524. The SMILES string of the molecule is NC(=O)c1ccc2cnc(=O)[nH]c2c1. The van der Waals surface area contributed by atoms with Crippen molar-refractivity contribution in [2.45, 2.75) is 0 Å². The number of carbonyl (C=O) groups excluding carboxylic acids is 1. The van der Waals surface area contributed by atoms with Crippen molar-refractivity contribution in [1.82, 2.24) is 9.97 Å². The fraction of sp³-hybridized carbons (Fsp3) is 0. The monoisotopic (exact) mass is 189 g/mol. The van der Waals surface area contributed by atoms with E-state index in [-0.39, 0.29) is 0 Å². The molecule has 0 spiro atoms. The molecule has 0 aliphatic carbocycles. The molecule has 3 N–H and O–H groups in total. The van der Waals surface area contributed by atoms with Gasteiger partial charge in [0.15, 0.2) is 0 Å². The zero-order valence-corrected chi connectivity index (χ0v) is 7.15. The molecular formula is C9H7N3O2. The van der Waals surface area contributed by atoms with Gasteiger partial charge in [-0.25, -0.2) is 9.78 Å². The van der Waals surface area contributed by atoms with E-state index in [0.29, 0.717) is 11.1 Å². The third-order valence-corrected chi connectivity index (χ3v) is 1.90. The average Bonchev–Trinajstić information content (AvgIpc) is 2.16. The third-order valence-electron chi connectivity index (χ3n) is 1.90. The predicted molar refractivity (Wildman–Crippen MR) is 50.9 cm³/mol. The number of fused-ring (bicyclic) bond motifs is 1. The quantitative estimate of drug-likeness (QED) is 0.662. The number of amides is 1. The lowest BCUT2D eigenvalue weighted by Crippen LogP contribution is -2.12. The molecule has 5 heteroatoms. The highest BCUT2D eigenvalue weighted by molar-refractivity contribution is 5.96. The minimum absolute atomic E-state index is 0.361. The first-order chi connectivity index (χ1) is 6.66. The summed E-state index contributed by atoms with van der Waals surface area (Å²) < 4.78 is 0. The highest BCUT2D eigenvalue weighted by Crippen LogP contribution is 2.10. The Morgan fingerprint density at radius 3 is 2.93 bits per heavy atom. The topological polar surface area (TPSA) is 88.8 Å². The van der Waals surface area contributed by atoms with Gasteiger partial charge < -0.3 is 10.7 Å². The number of aromatic nitrogens is 2. The summed E-state index contributed by atoms with van der Waals surface area (Å²) in [5.74, 6) is -0.524. The smallest absolute Gasteiger partial charge is 0.345 e. The molecule has 0 unspecified atom stereocenters.